The third-order valence-electron chi connectivity index (χ3n) is 3.58. The van der Waals surface area contributed by atoms with Crippen molar-refractivity contribution in [3.8, 4) is 0 Å². The van der Waals surface area contributed by atoms with Gasteiger partial charge in [0.25, 0.3) is 0 Å². The molecule has 0 aromatic carbocycles. The van der Waals surface area contributed by atoms with E-state index in [1.165, 1.54) is 97.8 Å². The maximum atomic E-state index is 9.65. The summed E-state index contributed by atoms with van der Waals surface area (Å²) < 4.78 is 0. The van der Waals surface area contributed by atoms with E-state index in [0.717, 1.165) is 0 Å². The molecule has 0 aliphatic carbocycles. The standard InChI is InChI=1S/C15H33N.C2H6NO3/c1-3-4-5-6-7-8-9-10-11-12-13-14-15-16-2;1-5-3(4)6-2/h16H,3-15H2,1-2H3;1-2H3/q;+1. The first-order valence-corrected chi connectivity index (χ1v) is 8.92. The molecule has 5 heteroatoms. The van der Waals surface area contributed by atoms with Crippen LogP contribution in [-0.2, 0) is 9.68 Å². The van der Waals surface area contributed by atoms with Gasteiger partial charge >= 0.3 is 5.09 Å². The third-order valence-corrected chi connectivity index (χ3v) is 3.58. The average molecular weight is 320 g/mol. The van der Waals surface area contributed by atoms with Crippen LogP contribution < -0.4 is 5.32 Å². The molecule has 5 nitrogen and oxygen atoms in total. The fraction of sp³-hybridized carbons (Fsp3) is 1.00. The molecule has 22 heavy (non-hydrogen) atoms. The van der Waals surface area contributed by atoms with Crippen LogP contribution in [0.1, 0.15) is 84.0 Å². The predicted molar refractivity (Wildman–Crippen MR) is 92.7 cm³/mol. The first-order chi connectivity index (χ1) is 10.7. The molecule has 0 heterocycles. The number of rotatable bonds is 15. The Bertz CT molecular complexity index is 194. The molecular weight excluding hydrogens is 280 g/mol. The van der Waals surface area contributed by atoms with E-state index in [9.17, 15) is 4.91 Å². The molecule has 0 atom stereocenters. The molecule has 0 spiro atoms. The van der Waals surface area contributed by atoms with Gasteiger partial charge in [-0.15, -0.1) is 0 Å². The second-order valence-electron chi connectivity index (χ2n) is 5.58. The smallest absolute Gasteiger partial charge is 0.320 e. The lowest BCUT2D eigenvalue weighted by atomic mass is 10.1. The van der Waals surface area contributed by atoms with Crippen molar-refractivity contribution in [2.45, 2.75) is 84.0 Å². The van der Waals surface area contributed by atoms with Gasteiger partial charge in [0.15, 0.2) is 14.2 Å². The first kappa shape index (κ1) is 23.4. The van der Waals surface area contributed by atoms with Crippen LogP contribution in [0, 0.1) is 4.91 Å². The second kappa shape index (κ2) is 22.4. The van der Waals surface area contributed by atoms with Crippen LogP contribution in [0.5, 0.6) is 0 Å². The zero-order chi connectivity index (χ0) is 16.9. The number of nitrogens with zero attached hydrogens (tertiary/aromatic N) is 1. The van der Waals surface area contributed by atoms with E-state index in [1.807, 2.05) is 7.05 Å². The Kier molecular flexibility index (Phi) is 23.9. The van der Waals surface area contributed by atoms with Gasteiger partial charge in [0.2, 0.25) is 0 Å². The van der Waals surface area contributed by atoms with Gasteiger partial charge < -0.3 is 5.32 Å². The Morgan fingerprint density at radius 1 is 0.727 bits per heavy atom. The fourth-order valence-electron chi connectivity index (χ4n) is 2.22. The molecule has 134 valence electrons. The fourth-order valence-corrected chi connectivity index (χ4v) is 2.22. The summed E-state index contributed by atoms with van der Waals surface area (Å²) >= 11 is 0. The van der Waals surface area contributed by atoms with Crippen molar-refractivity contribution in [1.82, 2.24) is 5.32 Å². The van der Waals surface area contributed by atoms with Crippen LogP contribution in [0.2, 0.25) is 0 Å². The molecule has 0 rings (SSSR count). The third kappa shape index (κ3) is 24.2. The second-order valence-corrected chi connectivity index (χ2v) is 5.58. The topological polar surface area (TPSA) is 50.6 Å². The SMILES string of the molecule is CCCCCCCCCCCCCCNC.CO[N+](=O)OC. The van der Waals surface area contributed by atoms with Crippen LogP contribution in [0.4, 0.5) is 0 Å². The Labute approximate surface area is 137 Å². The van der Waals surface area contributed by atoms with Gasteiger partial charge in [-0.3, -0.25) is 0 Å². The molecule has 0 aliphatic rings. The van der Waals surface area contributed by atoms with Gasteiger partial charge in [-0.1, -0.05) is 77.6 Å². The number of nitrogens with one attached hydrogen (secondary N) is 1. The highest BCUT2D eigenvalue weighted by molar-refractivity contribution is 4.49. The largest absolute Gasteiger partial charge is 0.476 e. The minimum Gasteiger partial charge on any atom is -0.320 e. The minimum absolute atomic E-state index is 0. The first-order valence-electron chi connectivity index (χ1n) is 8.92. The van der Waals surface area contributed by atoms with Crippen LogP contribution in [-0.4, -0.2) is 32.9 Å². The summed E-state index contributed by atoms with van der Waals surface area (Å²) in [6.07, 6.45) is 17.3. The maximum Gasteiger partial charge on any atom is 0.476 e. The van der Waals surface area contributed by atoms with Crippen LogP contribution in [0.15, 0.2) is 0 Å². The van der Waals surface area contributed by atoms with Crippen molar-refractivity contribution < 1.29 is 14.8 Å². The molecule has 1 N–H and O–H groups in total. The van der Waals surface area contributed by atoms with E-state index in [0.29, 0.717) is 0 Å². The Morgan fingerprint density at radius 2 is 1.09 bits per heavy atom. The van der Waals surface area contributed by atoms with Crippen molar-refractivity contribution in [3.05, 3.63) is 4.91 Å². The van der Waals surface area contributed by atoms with Gasteiger partial charge in [-0.25, -0.2) is 0 Å². The highest BCUT2D eigenvalue weighted by Gasteiger charge is 1.98. The molecule has 0 aliphatic heterocycles. The maximum absolute atomic E-state index is 9.65. The molecule has 0 fully saturated rings. The summed E-state index contributed by atoms with van der Waals surface area (Å²) in [5.41, 5.74) is 0. The lowest BCUT2D eigenvalue weighted by Gasteiger charge is -2.02. The van der Waals surface area contributed by atoms with Gasteiger partial charge in [-0.05, 0) is 20.0 Å². The van der Waals surface area contributed by atoms with E-state index in [2.05, 4.69) is 21.9 Å². The summed E-state index contributed by atoms with van der Waals surface area (Å²) in [7, 11) is 4.48. The van der Waals surface area contributed by atoms with E-state index in [4.69, 9.17) is 0 Å². The zero-order valence-electron chi connectivity index (χ0n) is 15.4. The van der Waals surface area contributed by atoms with Crippen molar-refractivity contribution >= 4 is 0 Å². The Morgan fingerprint density at radius 3 is 1.36 bits per heavy atom. The van der Waals surface area contributed by atoms with Crippen molar-refractivity contribution in [1.29, 1.82) is 0 Å². The number of unbranched alkanes of at least 4 members (excludes halogenated alkanes) is 11. The lowest BCUT2D eigenvalue weighted by molar-refractivity contribution is -0.972. The number of hydrogen-bond acceptors (Lipinski definition) is 4. The Balaban J connectivity index is 0. The molecule has 0 unspecified atom stereocenters. The molecule has 0 radical (unpaired) electrons. The van der Waals surface area contributed by atoms with E-state index in [1.54, 1.807) is 0 Å². The summed E-state index contributed by atoms with van der Waals surface area (Å²) in [6, 6.07) is 0. The predicted octanol–water partition coefficient (Wildman–Crippen LogP) is 4.80. The van der Waals surface area contributed by atoms with Gasteiger partial charge in [0.05, 0.1) is 0 Å². The molecule has 0 aromatic heterocycles. The summed E-state index contributed by atoms with van der Waals surface area (Å²) in [6.45, 7) is 3.48. The summed E-state index contributed by atoms with van der Waals surface area (Å²) in [4.78, 5) is 17.6. The van der Waals surface area contributed by atoms with Crippen molar-refractivity contribution in [3.63, 3.8) is 0 Å². The number of hydrogen-bond donors (Lipinski definition) is 1. The molecular formula is C17H39N2O3+. The minimum atomic E-state index is 0. The van der Waals surface area contributed by atoms with Gasteiger partial charge in [-0.2, -0.15) is 9.68 Å². The normalized spacial score (nSPS) is 9.82. The summed E-state index contributed by atoms with van der Waals surface area (Å²) in [5.74, 6) is 0. The molecule has 0 amide bonds. The molecule has 0 aromatic rings. The van der Waals surface area contributed by atoms with Crippen molar-refractivity contribution in [2.24, 2.45) is 0 Å². The van der Waals surface area contributed by atoms with Crippen LogP contribution in [0.25, 0.3) is 0 Å². The van der Waals surface area contributed by atoms with Gasteiger partial charge in [0, 0.05) is 0 Å². The van der Waals surface area contributed by atoms with Gasteiger partial charge in [0.1, 0.15) is 4.91 Å². The van der Waals surface area contributed by atoms with Crippen LogP contribution >= 0.6 is 0 Å². The quantitative estimate of drug-likeness (QED) is 0.348. The summed E-state index contributed by atoms with van der Waals surface area (Å²) in [5, 5.41) is 3.20. The zero-order valence-corrected chi connectivity index (χ0v) is 15.4. The van der Waals surface area contributed by atoms with E-state index in [-0.39, 0.29) is 5.09 Å². The van der Waals surface area contributed by atoms with Crippen molar-refractivity contribution in [2.75, 3.05) is 27.8 Å². The van der Waals surface area contributed by atoms with Crippen LogP contribution in [0.3, 0.4) is 0 Å². The molecule has 0 bridgehead atoms. The van der Waals surface area contributed by atoms with E-state index < -0.39 is 0 Å². The molecule has 0 saturated carbocycles. The Hall–Kier alpha value is -0.840. The van der Waals surface area contributed by atoms with E-state index >= 15 is 0 Å². The monoisotopic (exact) mass is 319 g/mol. The lowest BCUT2D eigenvalue weighted by Crippen LogP contribution is -2.06. The highest BCUT2D eigenvalue weighted by Crippen LogP contribution is 2.11. The molecule has 0 saturated heterocycles. The highest BCUT2D eigenvalue weighted by atomic mass is 17.0. The average Bonchev–Trinajstić information content (AvgIpc) is 2.55.